The molecule has 0 saturated carbocycles. The Kier molecular flexibility index (Phi) is 7.54. The molecule has 2 amide bonds. The van der Waals surface area contributed by atoms with Crippen molar-refractivity contribution >= 4 is 18.0 Å². The van der Waals surface area contributed by atoms with Gasteiger partial charge in [-0.3, -0.25) is 9.59 Å². The Morgan fingerprint density at radius 3 is 2.26 bits per heavy atom. The first-order chi connectivity index (χ1) is 16.8. The molecule has 2 aromatic carbocycles. The van der Waals surface area contributed by atoms with Crippen molar-refractivity contribution in [3.63, 3.8) is 0 Å². The lowest BCUT2D eigenvalue weighted by atomic mass is 9.91. The first-order valence-corrected chi connectivity index (χ1v) is 12.1. The lowest BCUT2D eigenvalue weighted by molar-refractivity contribution is -0.142. The SMILES string of the molecule is CC(C)[C@@H](CC(=O)N[C@H]1C=CC[C@H](C(=O)O)C1)NC(=O)OCC1c2ccccc2-c2ccccc21. The summed E-state index contributed by atoms with van der Waals surface area (Å²) < 4.78 is 5.63. The van der Waals surface area contributed by atoms with Crippen molar-refractivity contribution in [3.05, 3.63) is 71.8 Å². The number of fused-ring (bicyclic) bond motifs is 3. The summed E-state index contributed by atoms with van der Waals surface area (Å²) in [4.78, 5) is 36.6. The van der Waals surface area contributed by atoms with Gasteiger partial charge in [0.2, 0.25) is 5.91 Å². The molecule has 3 atom stereocenters. The second-order valence-corrected chi connectivity index (χ2v) is 9.63. The Morgan fingerprint density at radius 1 is 1.03 bits per heavy atom. The van der Waals surface area contributed by atoms with Crippen LogP contribution in [0.1, 0.15) is 50.2 Å². The van der Waals surface area contributed by atoms with Crippen LogP contribution in [0, 0.1) is 11.8 Å². The summed E-state index contributed by atoms with van der Waals surface area (Å²) in [6.07, 6.45) is 4.00. The molecule has 0 heterocycles. The lowest BCUT2D eigenvalue weighted by Gasteiger charge is -2.26. The third kappa shape index (κ3) is 5.73. The third-order valence-electron chi connectivity index (χ3n) is 6.88. The molecular weight excluding hydrogens is 444 g/mol. The Balaban J connectivity index is 1.33. The van der Waals surface area contributed by atoms with E-state index in [9.17, 15) is 19.5 Å². The molecule has 0 saturated heterocycles. The van der Waals surface area contributed by atoms with Crippen LogP contribution < -0.4 is 10.6 Å². The Labute approximate surface area is 205 Å². The van der Waals surface area contributed by atoms with E-state index < -0.39 is 24.0 Å². The average molecular weight is 477 g/mol. The quantitative estimate of drug-likeness (QED) is 0.488. The number of amides is 2. The molecule has 0 fully saturated rings. The van der Waals surface area contributed by atoms with E-state index in [4.69, 9.17) is 4.74 Å². The Hall–Kier alpha value is -3.61. The highest BCUT2D eigenvalue weighted by Gasteiger charge is 2.30. The lowest BCUT2D eigenvalue weighted by Crippen LogP contribution is -2.45. The number of allylic oxidation sites excluding steroid dienone is 1. The van der Waals surface area contributed by atoms with Crippen molar-refractivity contribution in [1.29, 1.82) is 0 Å². The van der Waals surface area contributed by atoms with Gasteiger partial charge in [0.05, 0.1) is 5.92 Å². The van der Waals surface area contributed by atoms with Gasteiger partial charge in [0.25, 0.3) is 0 Å². The maximum Gasteiger partial charge on any atom is 0.407 e. The monoisotopic (exact) mass is 476 g/mol. The third-order valence-corrected chi connectivity index (χ3v) is 6.88. The fourth-order valence-corrected chi connectivity index (χ4v) is 4.91. The molecular formula is C28H32N2O5. The molecule has 0 aromatic heterocycles. The number of carbonyl (C=O) groups excluding carboxylic acids is 2. The molecule has 2 aliphatic carbocycles. The number of aliphatic carboxylic acids is 1. The zero-order valence-electron chi connectivity index (χ0n) is 20.1. The molecule has 2 aliphatic rings. The molecule has 7 heteroatoms. The van der Waals surface area contributed by atoms with E-state index in [-0.39, 0.29) is 36.8 Å². The standard InChI is InChI=1S/C28H32N2O5/c1-17(2)25(15-26(31)29-19-9-7-8-18(14-19)27(32)33)30-28(34)35-16-24-22-12-5-3-10-20(22)21-11-4-6-13-23(21)24/h3-7,9-13,17-19,24-25H,8,14-16H2,1-2H3,(H,29,31)(H,30,34)(H,32,33)/t18-,19-,25+/m0/s1. The van der Waals surface area contributed by atoms with Crippen LogP contribution in [0.3, 0.4) is 0 Å². The van der Waals surface area contributed by atoms with Crippen molar-refractivity contribution in [1.82, 2.24) is 10.6 Å². The highest BCUT2D eigenvalue weighted by atomic mass is 16.5. The van der Waals surface area contributed by atoms with Crippen LogP contribution in [-0.2, 0) is 14.3 Å². The van der Waals surface area contributed by atoms with E-state index in [0.29, 0.717) is 12.8 Å². The van der Waals surface area contributed by atoms with Crippen molar-refractivity contribution in [2.75, 3.05) is 6.61 Å². The summed E-state index contributed by atoms with van der Waals surface area (Å²) in [6, 6.07) is 15.6. The van der Waals surface area contributed by atoms with Gasteiger partial charge in [-0.25, -0.2) is 4.79 Å². The zero-order chi connectivity index (χ0) is 24.9. The van der Waals surface area contributed by atoms with Crippen LogP contribution in [-0.4, -0.2) is 41.8 Å². The molecule has 2 aromatic rings. The van der Waals surface area contributed by atoms with Crippen LogP contribution in [0.4, 0.5) is 4.79 Å². The normalized spacial score (nSPS) is 19.5. The van der Waals surface area contributed by atoms with Crippen LogP contribution in [0.5, 0.6) is 0 Å². The van der Waals surface area contributed by atoms with E-state index in [2.05, 4.69) is 34.9 Å². The number of benzene rings is 2. The fraction of sp³-hybridized carbons (Fsp3) is 0.393. The van der Waals surface area contributed by atoms with E-state index in [1.807, 2.05) is 44.2 Å². The Bertz CT molecular complexity index is 1080. The number of hydrogen-bond donors (Lipinski definition) is 3. The van der Waals surface area contributed by atoms with Gasteiger partial charge in [0.15, 0.2) is 0 Å². The molecule has 35 heavy (non-hydrogen) atoms. The molecule has 184 valence electrons. The van der Waals surface area contributed by atoms with Crippen LogP contribution >= 0.6 is 0 Å². The first-order valence-electron chi connectivity index (χ1n) is 12.1. The molecule has 0 bridgehead atoms. The number of ether oxygens (including phenoxy) is 1. The molecule has 0 radical (unpaired) electrons. The summed E-state index contributed by atoms with van der Waals surface area (Å²) in [5, 5.41) is 15.0. The van der Waals surface area contributed by atoms with E-state index >= 15 is 0 Å². The largest absolute Gasteiger partial charge is 0.481 e. The first kappa shape index (κ1) is 24.5. The highest BCUT2D eigenvalue weighted by Crippen LogP contribution is 2.44. The number of carboxylic acid groups (broad SMARTS) is 1. The molecule has 4 rings (SSSR count). The summed E-state index contributed by atoms with van der Waals surface area (Å²) in [7, 11) is 0. The number of nitrogens with one attached hydrogen (secondary N) is 2. The second-order valence-electron chi connectivity index (χ2n) is 9.63. The minimum Gasteiger partial charge on any atom is -0.481 e. The summed E-state index contributed by atoms with van der Waals surface area (Å²) in [6.45, 7) is 4.08. The van der Waals surface area contributed by atoms with E-state index in [0.717, 1.165) is 22.3 Å². The molecule has 0 unspecified atom stereocenters. The van der Waals surface area contributed by atoms with Crippen molar-refractivity contribution in [3.8, 4) is 11.1 Å². The summed E-state index contributed by atoms with van der Waals surface area (Å²) in [5.41, 5.74) is 4.61. The minimum absolute atomic E-state index is 0.00917. The van der Waals surface area contributed by atoms with Crippen LogP contribution in [0.25, 0.3) is 11.1 Å². The Morgan fingerprint density at radius 2 is 1.66 bits per heavy atom. The number of hydrogen-bond acceptors (Lipinski definition) is 4. The summed E-state index contributed by atoms with van der Waals surface area (Å²) in [5.74, 6) is -1.61. The van der Waals surface area contributed by atoms with Crippen molar-refractivity contribution in [2.24, 2.45) is 11.8 Å². The summed E-state index contributed by atoms with van der Waals surface area (Å²) >= 11 is 0. The topological polar surface area (TPSA) is 105 Å². The molecule has 0 spiro atoms. The van der Waals surface area contributed by atoms with Crippen LogP contribution in [0.2, 0.25) is 0 Å². The van der Waals surface area contributed by atoms with Gasteiger partial charge in [0.1, 0.15) is 6.61 Å². The zero-order valence-corrected chi connectivity index (χ0v) is 20.1. The van der Waals surface area contributed by atoms with Gasteiger partial charge in [-0.05, 0) is 41.0 Å². The van der Waals surface area contributed by atoms with Gasteiger partial charge in [-0.2, -0.15) is 0 Å². The van der Waals surface area contributed by atoms with Gasteiger partial charge >= 0.3 is 12.1 Å². The van der Waals surface area contributed by atoms with E-state index in [1.165, 1.54) is 0 Å². The smallest absolute Gasteiger partial charge is 0.407 e. The second kappa shape index (κ2) is 10.8. The number of rotatable bonds is 8. The number of alkyl carbamates (subject to hydrolysis) is 1. The minimum atomic E-state index is -0.856. The molecule has 3 N–H and O–H groups in total. The van der Waals surface area contributed by atoms with Gasteiger partial charge < -0.3 is 20.5 Å². The molecule has 7 nitrogen and oxygen atoms in total. The molecule has 0 aliphatic heterocycles. The van der Waals surface area contributed by atoms with Crippen LogP contribution in [0.15, 0.2) is 60.7 Å². The fourth-order valence-electron chi connectivity index (χ4n) is 4.91. The number of carboxylic acids is 1. The van der Waals surface area contributed by atoms with E-state index in [1.54, 1.807) is 6.08 Å². The maximum atomic E-state index is 12.7. The van der Waals surface area contributed by atoms with Crippen molar-refractivity contribution < 1.29 is 24.2 Å². The predicted molar refractivity (Wildman–Crippen MR) is 133 cm³/mol. The average Bonchev–Trinajstić information content (AvgIpc) is 3.16. The van der Waals surface area contributed by atoms with Gasteiger partial charge in [-0.15, -0.1) is 0 Å². The van der Waals surface area contributed by atoms with Gasteiger partial charge in [0, 0.05) is 24.4 Å². The van der Waals surface area contributed by atoms with Crippen molar-refractivity contribution in [2.45, 2.75) is 51.1 Å². The number of carbonyl (C=O) groups is 3. The highest BCUT2D eigenvalue weighted by molar-refractivity contribution is 5.80. The maximum absolute atomic E-state index is 12.7. The predicted octanol–water partition coefficient (Wildman–Crippen LogP) is 4.48. The van der Waals surface area contributed by atoms with Gasteiger partial charge in [-0.1, -0.05) is 74.5 Å².